The Labute approximate surface area is 187 Å². The smallest absolute Gasteiger partial charge is 0.119 e. The van der Waals surface area contributed by atoms with Gasteiger partial charge in [-0.1, -0.05) is 31.5 Å². The van der Waals surface area contributed by atoms with Crippen molar-refractivity contribution in [2.75, 3.05) is 33.4 Å². The van der Waals surface area contributed by atoms with E-state index in [1.165, 1.54) is 42.4 Å². The van der Waals surface area contributed by atoms with E-state index in [4.69, 9.17) is 9.47 Å². The normalized spacial score (nSPS) is 21.5. The molecule has 2 heterocycles. The van der Waals surface area contributed by atoms with Crippen molar-refractivity contribution >= 4 is 0 Å². The molecule has 0 radical (unpaired) electrons. The Bertz CT molecular complexity index is 814. The van der Waals surface area contributed by atoms with E-state index in [9.17, 15) is 0 Å². The third kappa shape index (κ3) is 5.81. The fourth-order valence-corrected chi connectivity index (χ4v) is 5.10. The molecule has 31 heavy (non-hydrogen) atoms. The average molecular weight is 423 g/mol. The van der Waals surface area contributed by atoms with Gasteiger partial charge in [-0.05, 0) is 92.6 Å². The van der Waals surface area contributed by atoms with Crippen molar-refractivity contribution in [2.24, 2.45) is 0 Å². The summed E-state index contributed by atoms with van der Waals surface area (Å²) in [7, 11) is 1.75. The van der Waals surface area contributed by atoms with Crippen molar-refractivity contribution < 1.29 is 9.47 Å². The molecule has 4 heteroatoms. The van der Waals surface area contributed by atoms with Gasteiger partial charge >= 0.3 is 0 Å². The predicted molar refractivity (Wildman–Crippen MR) is 127 cm³/mol. The summed E-state index contributed by atoms with van der Waals surface area (Å²) in [5, 5.41) is 3.60. The highest BCUT2D eigenvalue weighted by Crippen LogP contribution is 2.34. The van der Waals surface area contributed by atoms with Crippen LogP contribution in [0.25, 0.3) is 0 Å². The van der Waals surface area contributed by atoms with Gasteiger partial charge in [0.2, 0.25) is 0 Å². The van der Waals surface area contributed by atoms with Crippen LogP contribution in [0.3, 0.4) is 0 Å². The Balaban J connectivity index is 1.38. The van der Waals surface area contributed by atoms with E-state index >= 15 is 0 Å². The molecule has 1 fully saturated rings. The molecule has 1 saturated heterocycles. The van der Waals surface area contributed by atoms with Crippen LogP contribution < -0.4 is 14.8 Å². The molecular formula is C27H38N2O2. The summed E-state index contributed by atoms with van der Waals surface area (Å²) < 4.78 is 11.5. The number of ether oxygens (including phenoxy) is 2. The molecule has 1 N–H and O–H groups in total. The van der Waals surface area contributed by atoms with Crippen molar-refractivity contribution in [2.45, 2.75) is 64.0 Å². The first-order valence-corrected chi connectivity index (χ1v) is 12.1. The van der Waals surface area contributed by atoms with Gasteiger partial charge in [0.25, 0.3) is 0 Å². The van der Waals surface area contributed by atoms with E-state index in [-0.39, 0.29) is 0 Å². The van der Waals surface area contributed by atoms with Gasteiger partial charge < -0.3 is 14.8 Å². The maximum atomic E-state index is 6.03. The molecule has 0 aliphatic carbocycles. The van der Waals surface area contributed by atoms with E-state index < -0.39 is 0 Å². The lowest BCUT2D eigenvalue weighted by Crippen LogP contribution is -2.37. The van der Waals surface area contributed by atoms with E-state index in [2.05, 4.69) is 59.6 Å². The molecule has 2 atom stereocenters. The molecule has 2 aliphatic heterocycles. The summed E-state index contributed by atoms with van der Waals surface area (Å²) in [5.74, 6) is 1.95. The molecule has 0 amide bonds. The second-order valence-corrected chi connectivity index (χ2v) is 9.00. The van der Waals surface area contributed by atoms with Crippen molar-refractivity contribution in [3.05, 3.63) is 59.2 Å². The van der Waals surface area contributed by atoms with Crippen LogP contribution in [-0.2, 0) is 12.8 Å². The molecule has 0 spiro atoms. The Kier molecular flexibility index (Phi) is 7.87. The lowest BCUT2D eigenvalue weighted by atomic mass is 9.88. The van der Waals surface area contributed by atoms with Gasteiger partial charge in [-0.2, -0.15) is 0 Å². The van der Waals surface area contributed by atoms with Crippen LogP contribution in [0.1, 0.15) is 61.8 Å². The first kappa shape index (κ1) is 22.2. The van der Waals surface area contributed by atoms with Crippen molar-refractivity contribution in [1.82, 2.24) is 10.2 Å². The molecule has 4 nitrogen and oxygen atoms in total. The second kappa shape index (κ2) is 11.0. The number of nitrogens with one attached hydrogen (secondary N) is 1. The first-order valence-electron chi connectivity index (χ1n) is 12.1. The van der Waals surface area contributed by atoms with Crippen LogP contribution in [0.15, 0.2) is 42.5 Å². The predicted octanol–water partition coefficient (Wildman–Crippen LogP) is 5.16. The highest BCUT2D eigenvalue weighted by Gasteiger charge is 2.27. The highest BCUT2D eigenvalue weighted by molar-refractivity contribution is 5.40. The summed E-state index contributed by atoms with van der Waals surface area (Å²) in [6, 6.07) is 16.4. The standard InChI is InChI=1S/C27H38N2O2/c1-3-16-29-17-13-22-20-25(30-2)11-12-26(22)27(29)19-21-7-9-24(10-8-21)31-18-14-23-6-4-5-15-28-23/h7-12,20,23,27-28H,3-6,13-19H2,1-2H3. The molecule has 2 aliphatic rings. The van der Waals surface area contributed by atoms with Crippen molar-refractivity contribution in [3.63, 3.8) is 0 Å². The molecule has 2 aromatic carbocycles. The summed E-state index contributed by atoms with van der Waals surface area (Å²) in [6.45, 7) is 6.49. The Morgan fingerprint density at radius 1 is 1.06 bits per heavy atom. The largest absolute Gasteiger partial charge is 0.497 e. The zero-order valence-electron chi connectivity index (χ0n) is 19.2. The maximum absolute atomic E-state index is 6.03. The zero-order valence-corrected chi connectivity index (χ0v) is 19.2. The van der Waals surface area contributed by atoms with Crippen LogP contribution in [-0.4, -0.2) is 44.3 Å². The molecule has 0 bridgehead atoms. The van der Waals surface area contributed by atoms with E-state index in [1.807, 2.05) is 0 Å². The quantitative estimate of drug-likeness (QED) is 0.605. The van der Waals surface area contributed by atoms with Gasteiger partial charge in [-0.25, -0.2) is 0 Å². The van der Waals surface area contributed by atoms with E-state index in [0.717, 1.165) is 57.0 Å². The van der Waals surface area contributed by atoms with Crippen LogP contribution in [0, 0.1) is 0 Å². The number of rotatable bonds is 9. The number of hydrogen-bond acceptors (Lipinski definition) is 4. The lowest BCUT2D eigenvalue weighted by Gasteiger charge is -2.37. The van der Waals surface area contributed by atoms with Gasteiger partial charge in [0.1, 0.15) is 11.5 Å². The fourth-order valence-electron chi connectivity index (χ4n) is 5.10. The molecule has 0 saturated carbocycles. The lowest BCUT2D eigenvalue weighted by molar-refractivity contribution is 0.183. The van der Waals surface area contributed by atoms with Gasteiger partial charge in [0.05, 0.1) is 13.7 Å². The number of benzene rings is 2. The zero-order chi connectivity index (χ0) is 21.5. The fraction of sp³-hybridized carbons (Fsp3) is 0.556. The third-order valence-electron chi connectivity index (χ3n) is 6.83. The molecule has 168 valence electrons. The van der Waals surface area contributed by atoms with Crippen LogP contribution >= 0.6 is 0 Å². The second-order valence-electron chi connectivity index (χ2n) is 9.00. The Hall–Kier alpha value is -2.04. The summed E-state index contributed by atoms with van der Waals surface area (Å²) >= 11 is 0. The molecule has 0 aromatic heterocycles. The van der Waals surface area contributed by atoms with Gasteiger partial charge in [-0.15, -0.1) is 0 Å². The number of piperidine rings is 1. The molecule has 4 rings (SSSR count). The summed E-state index contributed by atoms with van der Waals surface area (Å²) in [6.07, 6.45) is 8.36. The van der Waals surface area contributed by atoms with Gasteiger partial charge in [0.15, 0.2) is 0 Å². The molecule has 2 unspecified atom stereocenters. The Morgan fingerprint density at radius 2 is 1.90 bits per heavy atom. The summed E-state index contributed by atoms with van der Waals surface area (Å²) in [4.78, 5) is 2.65. The minimum Gasteiger partial charge on any atom is -0.497 e. The number of nitrogens with zero attached hydrogens (tertiary/aromatic N) is 1. The third-order valence-corrected chi connectivity index (χ3v) is 6.83. The number of hydrogen-bond donors (Lipinski definition) is 1. The highest BCUT2D eigenvalue weighted by atomic mass is 16.5. The van der Waals surface area contributed by atoms with Crippen LogP contribution in [0.4, 0.5) is 0 Å². The van der Waals surface area contributed by atoms with Gasteiger partial charge in [0, 0.05) is 18.6 Å². The molecule has 2 aromatic rings. The van der Waals surface area contributed by atoms with E-state index in [0.29, 0.717) is 12.1 Å². The van der Waals surface area contributed by atoms with Crippen molar-refractivity contribution in [1.29, 1.82) is 0 Å². The number of methoxy groups -OCH3 is 1. The van der Waals surface area contributed by atoms with E-state index in [1.54, 1.807) is 7.11 Å². The average Bonchev–Trinajstić information content (AvgIpc) is 2.82. The Morgan fingerprint density at radius 3 is 2.65 bits per heavy atom. The monoisotopic (exact) mass is 422 g/mol. The van der Waals surface area contributed by atoms with Crippen molar-refractivity contribution in [3.8, 4) is 11.5 Å². The van der Waals surface area contributed by atoms with Crippen LogP contribution in [0.2, 0.25) is 0 Å². The maximum Gasteiger partial charge on any atom is 0.119 e. The SMILES string of the molecule is CCCN1CCc2cc(OC)ccc2C1Cc1ccc(OCCC2CCCCN2)cc1. The number of fused-ring (bicyclic) bond motifs is 1. The minimum absolute atomic E-state index is 0.429. The molecular weight excluding hydrogens is 384 g/mol. The minimum atomic E-state index is 0.429. The van der Waals surface area contributed by atoms with Gasteiger partial charge in [-0.3, -0.25) is 4.90 Å². The first-order chi connectivity index (χ1) is 15.3. The topological polar surface area (TPSA) is 33.7 Å². The summed E-state index contributed by atoms with van der Waals surface area (Å²) in [5.41, 5.74) is 4.27. The van der Waals surface area contributed by atoms with Crippen LogP contribution in [0.5, 0.6) is 11.5 Å².